The van der Waals surface area contributed by atoms with Crippen LogP contribution < -0.4 is 5.73 Å². The molecule has 0 saturated heterocycles. The number of benzene rings is 2. The second kappa shape index (κ2) is 7.34. The van der Waals surface area contributed by atoms with E-state index >= 15 is 0 Å². The zero-order valence-electron chi connectivity index (χ0n) is 13.4. The molecular formula is C19H21ClN2O2. The lowest BCUT2D eigenvalue weighted by molar-refractivity contribution is 0.0357. The van der Waals surface area contributed by atoms with Crippen molar-refractivity contribution >= 4 is 23.5 Å². The Morgan fingerprint density at radius 1 is 1.08 bits per heavy atom. The SMILES string of the molecule is Cl.N[C@H]1CCC[C@@H]1OCc1ccc(-c2nc3ccccc3o2)cc1. The number of hydrogen-bond acceptors (Lipinski definition) is 4. The van der Waals surface area contributed by atoms with Crippen molar-refractivity contribution in [1.29, 1.82) is 0 Å². The first-order valence-corrected chi connectivity index (χ1v) is 8.12. The molecule has 126 valence electrons. The van der Waals surface area contributed by atoms with Gasteiger partial charge in [-0.2, -0.15) is 0 Å². The molecule has 4 rings (SSSR count). The molecule has 2 aromatic carbocycles. The summed E-state index contributed by atoms with van der Waals surface area (Å²) in [7, 11) is 0. The molecule has 1 aliphatic carbocycles. The molecule has 0 spiro atoms. The molecule has 0 bridgehead atoms. The number of nitrogens with zero attached hydrogens (tertiary/aromatic N) is 1. The average molecular weight is 345 g/mol. The Morgan fingerprint density at radius 3 is 2.58 bits per heavy atom. The van der Waals surface area contributed by atoms with Gasteiger partial charge in [-0.1, -0.05) is 24.3 Å². The predicted molar refractivity (Wildman–Crippen MR) is 97.1 cm³/mol. The Labute approximate surface area is 147 Å². The number of rotatable bonds is 4. The largest absolute Gasteiger partial charge is 0.436 e. The molecule has 5 heteroatoms. The molecule has 2 atom stereocenters. The first kappa shape index (κ1) is 17.0. The quantitative estimate of drug-likeness (QED) is 0.766. The first-order chi connectivity index (χ1) is 11.3. The van der Waals surface area contributed by atoms with Crippen LogP contribution in [0, 0.1) is 0 Å². The fourth-order valence-corrected chi connectivity index (χ4v) is 3.10. The minimum atomic E-state index is 0. The zero-order chi connectivity index (χ0) is 15.6. The summed E-state index contributed by atoms with van der Waals surface area (Å²) in [5, 5.41) is 0. The van der Waals surface area contributed by atoms with Crippen LogP contribution in [0.1, 0.15) is 24.8 Å². The minimum Gasteiger partial charge on any atom is -0.436 e. The Morgan fingerprint density at radius 2 is 1.88 bits per heavy atom. The van der Waals surface area contributed by atoms with E-state index in [1.165, 1.54) is 6.42 Å². The standard InChI is InChI=1S/C19H20N2O2.ClH/c20-15-4-3-7-17(15)22-12-13-8-10-14(11-9-13)19-21-16-5-1-2-6-18(16)23-19;/h1-2,5-6,8-11,15,17H,3-4,7,12,20H2;1H/t15-,17-;/m0./s1. The summed E-state index contributed by atoms with van der Waals surface area (Å²) in [4.78, 5) is 4.52. The molecule has 0 amide bonds. The van der Waals surface area contributed by atoms with Crippen LogP contribution in [0.3, 0.4) is 0 Å². The fraction of sp³-hybridized carbons (Fsp3) is 0.316. The maximum atomic E-state index is 6.03. The summed E-state index contributed by atoms with van der Waals surface area (Å²) in [5.74, 6) is 0.650. The maximum Gasteiger partial charge on any atom is 0.227 e. The van der Waals surface area contributed by atoms with E-state index in [2.05, 4.69) is 17.1 Å². The maximum absolute atomic E-state index is 6.03. The van der Waals surface area contributed by atoms with Crippen LogP contribution in [0.4, 0.5) is 0 Å². The molecule has 1 fully saturated rings. The molecule has 1 aromatic heterocycles. The highest BCUT2D eigenvalue weighted by atomic mass is 35.5. The van der Waals surface area contributed by atoms with Gasteiger partial charge in [0.1, 0.15) is 5.52 Å². The summed E-state index contributed by atoms with van der Waals surface area (Å²) in [5.41, 5.74) is 9.84. The average Bonchev–Trinajstić information content (AvgIpc) is 3.19. The third-order valence-corrected chi connectivity index (χ3v) is 4.46. The number of aromatic nitrogens is 1. The van der Waals surface area contributed by atoms with Gasteiger partial charge in [-0.15, -0.1) is 12.4 Å². The highest BCUT2D eigenvalue weighted by Gasteiger charge is 2.24. The van der Waals surface area contributed by atoms with Crippen LogP contribution in [0.5, 0.6) is 0 Å². The van der Waals surface area contributed by atoms with E-state index in [0.717, 1.165) is 35.1 Å². The summed E-state index contributed by atoms with van der Waals surface area (Å²) in [6.45, 7) is 0.603. The van der Waals surface area contributed by atoms with Crippen molar-refractivity contribution in [3.63, 3.8) is 0 Å². The Bertz CT molecular complexity index is 767. The van der Waals surface area contributed by atoms with Crippen molar-refractivity contribution in [2.24, 2.45) is 5.73 Å². The molecule has 1 heterocycles. The highest BCUT2D eigenvalue weighted by Crippen LogP contribution is 2.25. The van der Waals surface area contributed by atoms with E-state index in [9.17, 15) is 0 Å². The van der Waals surface area contributed by atoms with Gasteiger partial charge in [0.15, 0.2) is 5.58 Å². The van der Waals surface area contributed by atoms with E-state index < -0.39 is 0 Å². The number of fused-ring (bicyclic) bond motifs is 1. The summed E-state index contributed by atoms with van der Waals surface area (Å²) < 4.78 is 11.7. The smallest absolute Gasteiger partial charge is 0.227 e. The number of nitrogens with two attached hydrogens (primary N) is 1. The topological polar surface area (TPSA) is 61.3 Å². The van der Waals surface area contributed by atoms with Gasteiger partial charge >= 0.3 is 0 Å². The van der Waals surface area contributed by atoms with E-state index in [0.29, 0.717) is 12.5 Å². The third kappa shape index (κ3) is 3.46. The summed E-state index contributed by atoms with van der Waals surface area (Å²) in [6, 6.07) is 16.2. The third-order valence-electron chi connectivity index (χ3n) is 4.46. The van der Waals surface area contributed by atoms with Crippen LogP contribution in [-0.2, 0) is 11.3 Å². The van der Waals surface area contributed by atoms with Gasteiger partial charge in [-0.3, -0.25) is 0 Å². The molecule has 1 aliphatic rings. The van der Waals surface area contributed by atoms with Crippen molar-refractivity contribution in [2.75, 3.05) is 0 Å². The van der Waals surface area contributed by atoms with Gasteiger partial charge in [0.2, 0.25) is 5.89 Å². The van der Waals surface area contributed by atoms with Gasteiger partial charge < -0.3 is 14.9 Å². The van der Waals surface area contributed by atoms with Crippen molar-refractivity contribution in [3.8, 4) is 11.5 Å². The number of halogens is 1. The van der Waals surface area contributed by atoms with E-state index in [1.54, 1.807) is 0 Å². The summed E-state index contributed by atoms with van der Waals surface area (Å²) in [6.07, 6.45) is 3.51. The van der Waals surface area contributed by atoms with Crippen LogP contribution in [0.2, 0.25) is 0 Å². The number of hydrogen-bond donors (Lipinski definition) is 1. The van der Waals surface area contributed by atoms with Crippen molar-refractivity contribution in [1.82, 2.24) is 4.98 Å². The van der Waals surface area contributed by atoms with Crippen LogP contribution >= 0.6 is 12.4 Å². The molecule has 24 heavy (non-hydrogen) atoms. The lowest BCUT2D eigenvalue weighted by Crippen LogP contribution is -2.31. The van der Waals surface area contributed by atoms with Gasteiger partial charge in [-0.25, -0.2) is 4.98 Å². The number of oxazole rings is 1. The fourth-order valence-electron chi connectivity index (χ4n) is 3.10. The monoisotopic (exact) mass is 344 g/mol. The normalized spacial score (nSPS) is 20.2. The van der Waals surface area contributed by atoms with Gasteiger partial charge in [0, 0.05) is 11.6 Å². The van der Waals surface area contributed by atoms with Gasteiger partial charge in [0.25, 0.3) is 0 Å². The Kier molecular flexibility index (Phi) is 5.19. The van der Waals surface area contributed by atoms with Gasteiger partial charge in [-0.05, 0) is 49.1 Å². The Balaban J connectivity index is 0.00000169. The molecule has 0 aliphatic heterocycles. The van der Waals surface area contributed by atoms with Crippen molar-refractivity contribution < 1.29 is 9.15 Å². The number of ether oxygens (including phenoxy) is 1. The predicted octanol–water partition coefficient (Wildman–Crippen LogP) is 4.31. The van der Waals surface area contributed by atoms with Crippen molar-refractivity contribution in [2.45, 2.75) is 38.0 Å². The van der Waals surface area contributed by atoms with Crippen molar-refractivity contribution in [3.05, 3.63) is 54.1 Å². The minimum absolute atomic E-state index is 0. The van der Waals surface area contributed by atoms with E-state index in [1.807, 2.05) is 36.4 Å². The molecule has 0 unspecified atom stereocenters. The molecule has 0 radical (unpaired) electrons. The second-order valence-electron chi connectivity index (χ2n) is 6.13. The molecule has 1 saturated carbocycles. The van der Waals surface area contributed by atoms with Crippen LogP contribution in [0.15, 0.2) is 52.9 Å². The summed E-state index contributed by atoms with van der Waals surface area (Å²) >= 11 is 0. The second-order valence-corrected chi connectivity index (χ2v) is 6.13. The first-order valence-electron chi connectivity index (χ1n) is 8.12. The zero-order valence-corrected chi connectivity index (χ0v) is 14.2. The van der Waals surface area contributed by atoms with E-state index in [4.69, 9.17) is 14.9 Å². The lowest BCUT2D eigenvalue weighted by Gasteiger charge is -2.16. The Hall–Kier alpha value is -1.88. The van der Waals surface area contributed by atoms with E-state index in [-0.39, 0.29) is 24.6 Å². The highest BCUT2D eigenvalue weighted by molar-refractivity contribution is 5.85. The molecule has 2 N–H and O–H groups in total. The molecular weight excluding hydrogens is 324 g/mol. The van der Waals surface area contributed by atoms with Crippen LogP contribution in [0.25, 0.3) is 22.6 Å². The lowest BCUT2D eigenvalue weighted by atomic mass is 10.1. The number of para-hydroxylation sites is 2. The van der Waals surface area contributed by atoms with Gasteiger partial charge in [0.05, 0.1) is 12.7 Å². The molecule has 3 aromatic rings. The molecule has 4 nitrogen and oxygen atoms in total. The van der Waals surface area contributed by atoms with Crippen LogP contribution in [-0.4, -0.2) is 17.1 Å².